The number of nitrogens with zero attached hydrogens (tertiary/aromatic N) is 4. The zero-order chi connectivity index (χ0) is 23.8. The highest BCUT2D eigenvalue weighted by atomic mass is 32.1. The Morgan fingerprint density at radius 2 is 1.91 bits per heavy atom. The van der Waals surface area contributed by atoms with Crippen molar-refractivity contribution in [2.75, 3.05) is 50.5 Å². The van der Waals surface area contributed by atoms with E-state index < -0.39 is 18.3 Å². The van der Waals surface area contributed by atoms with Crippen molar-refractivity contribution in [1.82, 2.24) is 20.2 Å². The molecule has 0 spiro atoms. The third kappa shape index (κ3) is 4.32. The monoisotopic (exact) mass is 486 g/mol. The van der Waals surface area contributed by atoms with Crippen LogP contribution in [0.25, 0.3) is 10.1 Å². The molecule has 0 aromatic carbocycles. The second-order valence-corrected chi connectivity index (χ2v) is 10.1. The molecule has 180 valence electrons. The summed E-state index contributed by atoms with van der Waals surface area (Å²) >= 11 is 1.29. The minimum Gasteiger partial charge on any atom is -0.368 e. The molecule has 1 saturated heterocycles. The number of rotatable bonds is 5. The summed E-state index contributed by atoms with van der Waals surface area (Å²) in [5.41, 5.74) is 1.66. The van der Waals surface area contributed by atoms with Gasteiger partial charge in [-0.15, -0.1) is 11.3 Å². The van der Waals surface area contributed by atoms with Crippen LogP contribution in [0.3, 0.4) is 0 Å². The van der Waals surface area contributed by atoms with E-state index in [1.165, 1.54) is 16.2 Å². The first kappa shape index (κ1) is 22.9. The highest BCUT2D eigenvalue weighted by molar-refractivity contribution is 7.21. The SMILES string of the molecule is CN(C)C(=O)c1sc2cnc(Nc3ccc(N4CCNCC4)cn3)cc2c1C1CCC(F)C1F. The average molecular weight is 487 g/mol. The molecule has 1 aliphatic heterocycles. The summed E-state index contributed by atoms with van der Waals surface area (Å²) in [4.78, 5) is 26.1. The van der Waals surface area contributed by atoms with Gasteiger partial charge >= 0.3 is 0 Å². The number of hydrogen-bond acceptors (Lipinski definition) is 7. The van der Waals surface area contributed by atoms with Crippen LogP contribution in [0.5, 0.6) is 0 Å². The van der Waals surface area contributed by atoms with E-state index in [-0.39, 0.29) is 12.3 Å². The number of carbonyl (C=O) groups excluding carboxylic acids is 1. The number of halogens is 2. The highest BCUT2D eigenvalue weighted by Gasteiger charge is 2.41. The molecule has 34 heavy (non-hydrogen) atoms. The number of anilines is 3. The molecule has 7 nitrogen and oxygen atoms in total. The zero-order valence-corrected chi connectivity index (χ0v) is 20.0. The fraction of sp³-hybridized carbons (Fsp3) is 0.458. The number of hydrogen-bond donors (Lipinski definition) is 2. The minimum absolute atomic E-state index is 0.165. The summed E-state index contributed by atoms with van der Waals surface area (Å²) in [5, 5.41) is 7.29. The third-order valence-electron chi connectivity index (χ3n) is 6.55. The van der Waals surface area contributed by atoms with E-state index >= 15 is 0 Å². The molecule has 2 aliphatic rings. The Hall–Kier alpha value is -2.85. The number of carbonyl (C=O) groups is 1. The van der Waals surface area contributed by atoms with Crippen molar-refractivity contribution in [2.24, 2.45) is 0 Å². The van der Waals surface area contributed by atoms with Crippen molar-refractivity contribution in [2.45, 2.75) is 31.1 Å². The van der Waals surface area contributed by atoms with E-state index in [4.69, 9.17) is 0 Å². The maximum Gasteiger partial charge on any atom is 0.263 e. The first-order valence-corrected chi connectivity index (χ1v) is 12.3. The van der Waals surface area contributed by atoms with Gasteiger partial charge in [0.2, 0.25) is 0 Å². The van der Waals surface area contributed by atoms with Gasteiger partial charge < -0.3 is 20.4 Å². The van der Waals surface area contributed by atoms with Crippen molar-refractivity contribution in [3.8, 4) is 0 Å². The van der Waals surface area contributed by atoms with Crippen molar-refractivity contribution < 1.29 is 13.6 Å². The summed E-state index contributed by atoms with van der Waals surface area (Å²) in [6.45, 7) is 3.79. The van der Waals surface area contributed by atoms with Crippen LogP contribution in [0.4, 0.5) is 26.1 Å². The third-order valence-corrected chi connectivity index (χ3v) is 7.70. The molecule has 3 unspecified atom stereocenters. The lowest BCUT2D eigenvalue weighted by Gasteiger charge is -2.29. The summed E-state index contributed by atoms with van der Waals surface area (Å²) in [7, 11) is 3.33. The van der Waals surface area contributed by atoms with Crippen LogP contribution >= 0.6 is 11.3 Å². The van der Waals surface area contributed by atoms with Gasteiger partial charge in [-0.1, -0.05) is 0 Å². The molecule has 3 aromatic heterocycles. The molecule has 4 heterocycles. The molecule has 3 aromatic rings. The van der Waals surface area contributed by atoms with Gasteiger partial charge in [0.15, 0.2) is 0 Å². The molecule has 1 saturated carbocycles. The molecular weight excluding hydrogens is 458 g/mol. The quantitative estimate of drug-likeness (QED) is 0.566. The van der Waals surface area contributed by atoms with Crippen LogP contribution in [0.15, 0.2) is 30.6 Å². The Bertz CT molecular complexity index is 1180. The van der Waals surface area contributed by atoms with Crippen molar-refractivity contribution in [3.63, 3.8) is 0 Å². The molecule has 0 bridgehead atoms. The Balaban J connectivity index is 1.46. The highest BCUT2D eigenvalue weighted by Crippen LogP contribution is 2.46. The molecule has 1 aliphatic carbocycles. The molecule has 0 radical (unpaired) electrons. The van der Waals surface area contributed by atoms with Crippen LogP contribution in [-0.2, 0) is 0 Å². The predicted molar refractivity (Wildman–Crippen MR) is 132 cm³/mol. The van der Waals surface area contributed by atoms with Gasteiger partial charge in [0, 0.05) is 57.8 Å². The maximum absolute atomic E-state index is 14.8. The van der Waals surface area contributed by atoms with Crippen LogP contribution in [0, 0.1) is 0 Å². The molecule has 5 rings (SSSR count). The van der Waals surface area contributed by atoms with Gasteiger partial charge in [0.25, 0.3) is 5.91 Å². The summed E-state index contributed by atoms with van der Waals surface area (Å²) in [6, 6.07) is 5.75. The second-order valence-electron chi connectivity index (χ2n) is 9.02. The van der Waals surface area contributed by atoms with Gasteiger partial charge in [-0.05, 0) is 36.6 Å². The van der Waals surface area contributed by atoms with Gasteiger partial charge in [-0.25, -0.2) is 18.7 Å². The Morgan fingerprint density at radius 3 is 2.56 bits per heavy atom. The van der Waals surface area contributed by atoms with Crippen LogP contribution in [-0.4, -0.2) is 73.4 Å². The summed E-state index contributed by atoms with van der Waals surface area (Å²) in [5.74, 6) is 0.336. The largest absolute Gasteiger partial charge is 0.368 e. The first-order chi connectivity index (χ1) is 16.4. The number of nitrogens with one attached hydrogen (secondary N) is 2. The van der Waals surface area contributed by atoms with Gasteiger partial charge in [-0.2, -0.15) is 0 Å². The van der Waals surface area contributed by atoms with E-state index in [0.717, 1.165) is 42.0 Å². The number of amides is 1. The Kier molecular flexibility index (Phi) is 6.35. The fourth-order valence-electron chi connectivity index (χ4n) is 4.73. The van der Waals surface area contributed by atoms with E-state index in [0.29, 0.717) is 28.5 Å². The standard InChI is InChI=1S/C24H28F2N6OS/c1-31(2)24(33)23-21(15-4-5-17(25)22(15)26)16-11-20(29-13-18(16)34-23)30-19-6-3-14(12-28-19)32-9-7-27-8-10-32/h3,6,11-13,15,17,22,27H,4-5,7-10H2,1-2H3,(H,28,29,30). The van der Waals surface area contributed by atoms with E-state index in [9.17, 15) is 13.6 Å². The Morgan fingerprint density at radius 1 is 1.15 bits per heavy atom. The zero-order valence-electron chi connectivity index (χ0n) is 19.2. The summed E-state index contributed by atoms with van der Waals surface area (Å²) in [6.07, 6.45) is 0.947. The van der Waals surface area contributed by atoms with Gasteiger partial charge in [0.05, 0.1) is 21.5 Å². The number of piperazine rings is 1. The van der Waals surface area contributed by atoms with Crippen LogP contribution in [0.1, 0.15) is 34.0 Å². The van der Waals surface area contributed by atoms with Crippen LogP contribution in [0.2, 0.25) is 0 Å². The van der Waals surface area contributed by atoms with Gasteiger partial charge in [-0.3, -0.25) is 4.79 Å². The van der Waals surface area contributed by atoms with E-state index in [2.05, 4.69) is 25.5 Å². The molecule has 3 atom stereocenters. The van der Waals surface area contributed by atoms with Gasteiger partial charge in [0.1, 0.15) is 24.0 Å². The summed E-state index contributed by atoms with van der Waals surface area (Å²) < 4.78 is 29.7. The number of thiophene rings is 1. The maximum atomic E-state index is 14.8. The first-order valence-electron chi connectivity index (χ1n) is 11.5. The van der Waals surface area contributed by atoms with E-state index in [1.54, 1.807) is 20.3 Å². The smallest absolute Gasteiger partial charge is 0.263 e. The topological polar surface area (TPSA) is 73.4 Å². The van der Waals surface area contributed by atoms with E-state index in [1.807, 2.05) is 24.4 Å². The van der Waals surface area contributed by atoms with Crippen LogP contribution < -0.4 is 15.5 Å². The number of aromatic nitrogens is 2. The lowest BCUT2D eigenvalue weighted by Crippen LogP contribution is -2.43. The minimum atomic E-state index is -1.62. The number of fused-ring (bicyclic) bond motifs is 1. The predicted octanol–water partition coefficient (Wildman–Crippen LogP) is 4.10. The molecule has 2 N–H and O–H groups in total. The second kappa shape index (κ2) is 9.42. The molecule has 2 fully saturated rings. The number of pyridine rings is 2. The lowest BCUT2D eigenvalue weighted by atomic mass is 9.93. The number of alkyl halides is 2. The van der Waals surface area contributed by atoms with Crippen molar-refractivity contribution in [1.29, 1.82) is 0 Å². The molecular formula is C24H28F2N6OS. The molecule has 10 heteroatoms. The fourth-order valence-corrected chi connectivity index (χ4v) is 5.98. The lowest BCUT2D eigenvalue weighted by molar-refractivity contribution is 0.0830. The van der Waals surface area contributed by atoms with Crippen molar-refractivity contribution in [3.05, 3.63) is 41.0 Å². The Labute approximate surface area is 201 Å². The molecule has 1 amide bonds. The normalized spacial score (nSPS) is 22.8. The average Bonchev–Trinajstić information content (AvgIpc) is 3.38. The van der Waals surface area contributed by atoms with Crippen molar-refractivity contribution >= 4 is 44.7 Å².